The van der Waals surface area contributed by atoms with Crippen molar-refractivity contribution in [1.29, 1.82) is 0 Å². The van der Waals surface area contributed by atoms with Crippen LogP contribution < -0.4 is 0 Å². The highest BCUT2D eigenvalue weighted by Gasteiger charge is 2.28. The molecule has 3 nitrogen and oxygen atoms in total. The second-order valence-electron chi connectivity index (χ2n) is 5.11. The Morgan fingerprint density at radius 3 is 3.06 bits per heavy atom. The lowest BCUT2D eigenvalue weighted by atomic mass is 9.91. The maximum atomic E-state index is 9.52. The third-order valence-electron chi connectivity index (χ3n) is 3.89. The standard InChI is InChI=1S/C14H22N2O/c1-11-5-3-7-15-13(11)9-16-8-4-6-12(2)14(16)10-17/h3,5,7,12,14,17H,4,6,8-10H2,1-2H3. The Balaban J connectivity index is 2.09. The summed E-state index contributed by atoms with van der Waals surface area (Å²) in [6.07, 6.45) is 4.30. The van der Waals surface area contributed by atoms with Gasteiger partial charge in [0.15, 0.2) is 0 Å². The van der Waals surface area contributed by atoms with Gasteiger partial charge in [-0.1, -0.05) is 13.0 Å². The van der Waals surface area contributed by atoms with Crippen molar-refractivity contribution in [1.82, 2.24) is 9.88 Å². The van der Waals surface area contributed by atoms with E-state index < -0.39 is 0 Å². The van der Waals surface area contributed by atoms with Crippen molar-refractivity contribution >= 4 is 0 Å². The van der Waals surface area contributed by atoms with Gasteiger partial charge in [-0.25, -0.2) is 0 Å². The summed E-state index contributed by atoms with van der Waals surface area (Å²) in [5.74, 6) is 0.581. The highest BCUT2D eigenvalue weighted by atomic mass is 16.3. The van der Waals surface area contributed by atoms with Crippen molar-refractivity contribution in [2.45, 2.75) is 39.3 Å². The molecule has 1 N–H and O–H groups in total. The fourth-order valence-electron chi connectivity index (χ4n) is 2.70. The van der Waals surface area contributed by atoms with Gasteiger partial charge < -0.3 is 5.11 Å². The Morgan fingerprint density at radius 2 is 2.35 bits per heavy atom. The Hall–Kier alpha value is -0.930. The predicted molar refractivity (Wildman–Crippen MR) is 68.7 cm³/mol. The first-order valence-electron chi connectivity index (χ1n) is 6.47. The van der Waals surface area contributed by atoms with Gasteiger partial charge in [0.1, 0.15) is 0 Å². The van der Waals surface area contributed by atoms with Crippen molar-refractivity contribution in [3.05, 3.63) is 29.6 Å². The fourth-order valence-corrected chi connectivity index (χ4v) is 2.70. The van der Waals surface area contributed by atoms with Crippen molar-refractivity contribution in [2.75, 3.05) is 13.2 Å². The van der Waals surface area contributed by atoms with Gasteiger partial charge in [-0.15, -0.1) is 0 Å². The van der Waals surface area contributed by atoms with Gasteiger partial charge in [-0.2, -0.15) is 0 Å². The molecule has 0 spiro atoms. The lowest BCUT2D eigenvalue weighted by Gasteiger charge is -2.39. The van der Waals surface area contributed by atoms with E-state index in [1.165, 1.54) is 18.4 Å². The maximum absolute atomic E-state index is 9.52. The lowest BCUT2D eigenvalue weighted by molar-refractivity contribution is 0.0462. The number of rotatable bonds is 3. The quantitative estimate of drug-likeness (QED) is 0.869. The van der Waals surface area contributed by atoms with Gasteiger partial charge >= 0.3 is 0 Å². The fraction of sp³-hybridized carbons (Fsp3) is 0.643. The minimum Gasteiger partial charge on any atom is -0.395 e. The minimum atomic E-state index is 0.257. The molecule has 0 bridgehead atoms. The largest absolute Gasteiger partial charge is 0.395 e. The normalized spacial score (nSPS) is 26.1. The lowest BCUT2D eigenvalue weighted by Crippen LogP contribution is -2.46. The van der Waals surface area contributed by atoms with Gasteiger partial charge in [-0.05, 0) is 43.9 Å². The van der Waals surface area contributed by atoms with Gasteiger partial charge in [-0.3, -0.25) is 9.88 Å². The molecule has 0 aromatic carbocycles. The molecule has 0 saturated carbocycles. The van der Waals surface area contributed by atoms with Crippen molar-refractivity contribution in [3.8, 4) is 0 Å². The highest BCUT2D eigenvalue weighted by Crippen LogP contribution is 2.24. The molecule has 1 saturated heterocycles. The summed E-state index contributed by atoms with van der Waals surface area (Å²) in [6.45, 7) is 6.53. The maximum Gasteiger partial charge on any atom is 0.0589 e. The molecule has 0 aliphatic carbocycles. The third-order valence-corrected chi connectivity index (χ3v) is 3.89. The van der Waals surface area contributed by atoms with E-state index in [9.17, 15) is 5.11 Å². The second-order valence-corrected chi connectivity index (χ2v) is 5.11. The summed E-state index contributed by atoms with van der Waals surface area (Å²) in [7, 11) is 0. The smallest absolute Gasteiger partial charge is 0.0589 e. The highest BCUT2D eigenvalue weighted by molar-refractivity contribution is 5.17. The first kappa shape index (κ1) is 12.5. The predicted octanol–water partition coefficient (Wildman–Crippen LogP) is 1.98. The SMILES string of the molecule is Cc1cccnc1CN1CCCC(C)C1CO. The van der Waals surface area contributed by atoms with Crippen LogP contribution in [0.25, 0.3) is 0 Å². The van der Waals surface area contributed by atoms with Crippen LogP contribution in [0.3, 0.4) is 0 Å². The molecule has 94 valence electrons. The molecule has 3 heteroatoms. The van der Waals surface area contributed by atoms with E-state index in [0.29, 0.717) is 12.0 Å². The molecule has 2 heterocycles. The number of pyridine rings is 1. The number of aliphatic hydroxyl groups excluding tert-OH is 1. The van der Waals surface area contributed by atoms with Crippen molar-refractivity contribution in [2.24, 2.45) is 5.92 Å². The van der Waals surface area contributed by atoms with Crippen LogP contribution in [-0.4, -0.2) is 34.2 Å². The number of piperidine rings is 1. The van der Waals surface area contributed by atoms with E-state index in [2.05, 4.69) is 29.8 Å². The van der Waals surface area contributed by atoms with Crippen molar-refractivity contribution < 1.29 is 5.11 Å². The van der Waals surface area contributed by atoms with E-state index in [0.717, 1.165) is 18.8 Å². The zero-order valence-corrected chi connectivity index (χ0v) is 10.8. The van der Waals surface area contributed by atoms with Crippen LogP contribution in [0.4, 0.5) is 0 Å². The second kappa shape index (κ2) is 5.61. The summed E-state index contributed by atoms with van der Waals surface area (Å²) in [5, 5.41) is 9.52. The minimum absolute atomic E-state index is 0.257. The van der Waals surface area contributed by atoms with E-state index in [-0.39, 0.29) is 6.61 Å². The Kier molecular flexibility index (Phi) is 4.13. The number of nitrogens with zero attached hydrogens (tertiary/aromatic N) is 2. The number of likely N-dealkylation sites (tertiary alicyclic amines) is 1. The zero-order chi connectivity index (χ0) is 12.3. The van der Waals surface area contributed by atoms with Crippen LogP contribution >= 0.6 is 0 Å². The number of aryl methyl sites for hydroxylation is 1. The average Bonchev–Trinajstić information content (AvgIpc) is 2.32. The van der Waals surface area contributed by atoms with Gasteiger partial charge in [0.25, 0.3) is 0 Å². The third kappa shape index (κ3) is 2.85. The summed E-state index contributed by atoms with van der Waals surface area (Å²) < 4.78 is 0. The summed E-state index contributed by atoms with van der Waals surface area (Å²) >= 11 is 0. The number of aliphatic hydroxyl groups is 1. The Morgan fingerprint density at radius 1 is 1.53 bits per heavy atom. The number of aromatic nitrogens is 1. The molecule has 2 rings (SSSR count). The van der Waals surface area contributed by atoms with E-state index >= 15 is 0 Å². The molecule has 2 unspecified atom stereocenters. The molecule has 2 atom stereocenters. The topological polar surface area (TPSA) is 36.4 Å². The first-order chi connectivity index (χ1) is 8.22. The summed E-state index contributed by atoms with van der Waals surface area (Å²) in [5.41, 5.74) is 2.38. The molecule has 0 radical (unpaired) electrons. The van der Waals surface area contributed by atoms with Crippen LogP contribution in [0.15, 0.2) is 18.3 Å². The molecule has 1 fully saturated rings. The van der Waals surface area contributed by atoms with Crippen LogP contribution in [0.2, 0.25) is 0 Å². The molecule has 1 aromatic heterocycles. The van der Waals surface area contributed by atoms with Crippen LogP contribution in [0.5, 0.6) is 0 Å². The van der Waals surface area contributed by atoms with E-state index in [4.69, 9.17) is 0 Å². The molecular formula is C14H22N2O. The molecule has 1 aromatic rings. The van der Waals surface area contributed by atoms with Gasteiger partial charge in [0.2, 0.25) is 0 Å². The molecule has 17 heavy (non-hydrogen) atoms. The molecule has 0 amide bonds. The van der Waals surface area contributed by atoms with Crippen LogP contribution in [0, 0.1) is 12.8 Å². The van der Waals surface area contributed by atoms with Crippen molar-refractivity contribution in [3.63, 3.8) is 0 Å². The Bertz CT molecular complexity index is 367. The van der Waals surface area contributed by atoms with Crippen LogP contribution in [-0.2, 0) is 6.54 Å². The van der Waals surface area contributed by atoms with Crippen LogP contribution in [0.1, 0.15) is 31.0 Å². The zero-order valence-electron chi connectivity index (χ0n) is 10.8. The number of hydrogen-bond acceptors (Lipinski definition) is 3. The molecule has 1 aliphatic rings. The monoisotopic (exact) mass is 234 g/mol. The van der Waals surface area contributed by atoms with Gasteiger partial charge in [0.05, 0.1) is 12.3 Å². The summed E-state index contributed by atoms with van der Waals surface area (Å²) in [6, 6.07) is 4.37. The molecule has 1 aliphatic heterocycles. The average molecular weight is 234 g/mol. The Labute approximate surface area is 103 Å². The van der Waals surface area contributed by atoms with Gasteiger partial charge in [0, 0.05) is 18.8 Å². The number of hydrogen-bond donors (Lipinski definition) is 1. The summed E-state index contributed by atoms with van der Waals surface area (Å²) in [4.78, 5) is 6.82. The first-order valence-corrected chi connectivity index (χ1v) is 6.47. The van der Waals surface area contributed by atoms with E-state index in [1.54, 1.807) is 0 Å². The molecular weight excluding hydrogens is 212 g/mol. The van der Waals surface area contributed by atoms with E-state index in [1.807, 2.05) is 12.3 Å².